The Bertz CT molecular complexity index is 523. The molecule has 1 aliphatic heterocycles. The van der Waals surface area contributed by atoms with E-state index in [0.717, 1.165) is 50.2 Å². The number of rotatable bonds is 5. The average molecular weight is 332 g/mol. The molecule has 2 amide bonds. The van der Waals surface area contributed by atoms with E-state index >= 15 is 0 Å². The smallest absolute Gasteiger partial charge is 0.315 e. The van der Waals surface area contributed by atoms with Gasteiger partial charge in [-0.15, -0.1) is 0 Å². The van der Waals surface area contributed by atoms with E-state index in [1.807, 2.05) is 24.3 Å². The minimum absolute atomic E-state index is 0.111. The van der Waals surface area contributed by atoms with Crippen molar-refractivity contribution in [1.29, 1.82) is 0 Å². The molecule has 2 N–H and O–H groups in total. The third-order valence-electron chi connectivity index (χ3n) is 4.76. The zero-order valence-electron chi connectivity index (χ0n) is 14.3. The monoisotopic (exact) mass is 332 g/mol. The van der Waals surface area contributed by atoms with Gasteiger partial charge in [0.25, 0.3) is 0 Å². The van der Waals surface area contributed by atoms with E-state index in [1.54, 1.807) is 0 Å². The van der Waals surface area contributed by atoms with Crippen molar-refractivity contribution in [3.63, 3.8) is 0 Å². The summed E-state index contributed by atoms with van der Waals surface area (Å²) in [4.78, 5) is 12.0. The fourth-order valence-electron chi connectivity index (χ4n) is 3.36. The van der Waals surface area contributed by atoms with Gasteiger partial charge < -0.3 is 20.1 Å². The molecule has 0 aromatic heterocycles. The fraction of sp³-hybridized carbons (Fsp3) is 0.632. The molecule has 0 bridgehead atoms. The van der Waals surface area contributed by atoms with Crippen molar-refractivity contribution in [1.82, 2.24) is 10.6 Å². The SMILES string of the molecule is O=C(NCc1cccc(OC2CCCCC2)c1)NC1CCOCC1. The molecule has 1 saturated carbocycles. The first-order chi connectivity index (χ1) is 11.8. The van der Waals surface area contributed by atoms with Crippen molar-refractivity contribution in [2.24, 2.45) is 0 Å². The maximum Gasteiger partial charge on any atom is 0.315 e. The Hall–Kier alpha value is -1.75. The zero-order valence-corrected chi connectivity index (χ0v) is 14.3. The molecule has 1 saturated heterocycles. The molecular formula is C19H28N2O3. The number of amides is 2. The standard InChI is InChI=1S/C19H28N2O3/c22-19(21-16-9-11-23-12-10-16)20-14-15-5-4-8-18(13-15)24-17-6-2-1-3-7-17/h4-5,8,13,16-17H,1-3,6-7,9-12,14H2,(H2,20,21,22). The van der Waals surface area contributed by atoms with E-state index < -0.39 is 0 Å². The van der Waals surface area contributed by atoms with Crippen LogP contribution in [-0.4, -0.2) is 31.4 Å². The van der Waals surface area contributed by atoms with Gasteiger partial charge in [0.1, 0.15) is 5.75 Å². The van der Waals surface area contributed by atoms with Crippen LogP contribution in [0, 0.1) is 0 Å². The van der Waals surface area contributed by atoms with Gasteiger partial charge in [0.2, 0.25) is 0 Å². The third-order valence-corrected chi connectivity index (χ3v) is 4.76. The third kappa shape index (κ3) is 5.41. The van der Waals surface area contributed by atoms with Crippen LogP contribution in [0.5, 0.6) is 5.75 Å². The molecule has 2 aliphatic rings. The van der Waals surface area contributed by atoms with Gasteiger partial charge in [-0.1, -0.05) is 18.6 Å². The van der Waals surface area contributed by atoms with E-state index in [2.05, 4.69) is 10.6 Å². The van der Waals surface area contributed by atoms with Crippen molar-refractivity contribution in [3.8, 4) is 5.75 Å². The topological polar surface area (TPSA) is 59.6 Å². The summed E-state index contributed by atoms with van der Waals surface area (Å²) in [5.41, 5.74) is 1.06. The van der Waals surface area contributed by atoms with Crippen molar-refractivity contribution >= 4 is 6.03 Å². The van der Waals surface area contributed by atoms with Gasteiger partial charge in [0, 0.05) is 25.8 Å². The summed E-state index contributed by atoms with van der Waals surface area (Å²) in [6.45, 7) is 1.97. The van der Waals surface area contributed by atoms with E-state index in [9.17, 15) is 4.79 Å². The molecule has 0 spiro atoms. The molecule has 1 aliphatic carbocycles. The molecule has 24 heavy (non-hydrogen) atoms. The van der Waals surface area contributed by atoms with Crippen LogP contribution >= 0.6 is 0 Å². The van der Waals surface area contributed by atoms with Crippen LogP contribution in [0.3, 0.4) is 0 Å². The van der Waals surface area contributed by atoms with E-state index in [-0.39, 0.29) is 12.1 Å². The number of carbonyl (C=O) groups is 1. The Morgan fingerprint density at radius 2 is 1.92 bits per heavy atom. The Kier molecular flexibility index (Phi) is 6.35. The maximum absolute atomic E-state index is 12.0. The lowest BCUT2D eigenvalue weighted by atomic mass is 9.98. The summed E-state index contributed by atoms with van der Waals surface area (Å²) in [6, 6.07) is 8.15. The summed E-state index contributed by atoms with van der Waals surface area (Å²) in [5, 5.41) is 5.94. The first kappa shape index (κ1) is 17.1. The van der Waals surface area contributed by atoms with Crippen molar-refractivity contribution in [3.05, 3.63) is 29.8 Å². The first-order valence-electron chi connectivity index (χ1n) is 9.17. The number of hydrogen-bond acceptors (Lipinski definition) is 3. The maximum atomic E-state index is 12.0. The zero-order chi connectivity index (χ0) is 16.6. The normalized spacial score (nSPS) is 19.7. The van der Waals surface area contributed by atoms with Crippen LogP contribution in [0.2, 0.25) is 0 Å². The molecule has 0 unspecified atom stereocenters. The van der Waals surface area contributed by atoms with Gasteiger partial charge in [-0.2, -0.15) is 0 Å². The summed E-state index contributed by atoms with van der Waals surface area (Å²) >= 11 is 0. The number of ether oxygens (including phenoxy) is 2. The molecule has 3 rings (SSSR count). The first-order valence-corrected chi connectivity index (χ1v) is 9.17. The molecule has 1 heterocycles. The summed E-state index contributed by atoms with van der Waals surface area (Å²) in [7, 11) is 0. The lowest BCUT2D eigenvalue weighted by Gasteiger charge is -2.24. The highest BCUT2D eigenvalue weighted by molar-refractivity contribution is 5.74. The quantitative estimate of drug-likeness (QED) is 0.869. The number of urea groups is 1. The van der Waals surface area contributed by atoms with Crippen LogP contribution in [0.25, 0.3) is 0 Å². The number of benzene rings is 1. The average Bonchev–Trinajstić information content (AvgIpc) is 2.62. The summed E-state index contributed by atoms with van der Waals surface area (Å²) < 4.78 is 11.4. The van der Waals surface area contributed by atoms with Crippen molar-refractivity contribution in [2.45, 2.75) is 63.6 Å². The van der Waals surface area contributed by atoms with Gasteiger partial charge in [-0.05, 0) is 56.2 Å². The van der Waals surface area contributed by atoms with Gasteiger partial charge in [-0.25, -0.2) is 4.79 Å². The van der Waals surface area contributed by atoms with Gasteiger partial charge in [0.05, 0.1) is 6.10 Å². The molecular weight excluding hydrogens is 304 g/mol. The van der Waals surface area contributed by atoms with Crippen molar-refractivity contribution < 1.29 is 14.3 Å². The molecule has 132 valence electrons. The Balaban J connectivity index is 1.44. The lowest BCUT2D eigenvalue weighted by molar-refractivity contribution is 0.0800. The second kappa shape index (κ2) is 8.92. The van der Waals surface area contributed by atoms with Crippen LogP contribution in [0.4, 0.5) is 4.79 Å². The minimum atomic E-state index is -0.111. The Morgan fingerprint density at radius 3 is 2.71 bits per heavy atom. The summed E-state index contributed by atoms with van der Waals surface area (Å²) in [6.07, 6.45) is 8.27. The predicted molar refractivity (Wildman–Crippen MR) is 93.2 cm³/mol. The predicted octanol–water partition coefficient (Wildman–Crippen LogP) is 3.38. The van der Waals surface area contributed by atoms with Crippen LogP contribution < -0.4 is 15.4 Å². The van der Waals surface area contributed by atoms with E-state index in [4.69, 9.17) is 9.47 Å². The van der Waals surface area contributed by atoms with Gasteiger partial charge >= 0.3 is 6.03 Å². The minimum Gasteiger partial charge on any atom is -0.490 e. The molecule has 1 aromatic carbocycles. The molecule has 5 heteroatoms. The number of nitrogens with one attached hydrogen (secondary N) is 2. The number of carbonyl (C=O) groups excluding carboxylic acids is 1. The van der Waals surface area contributed by atoms with Crippen LogP contribution in [0.15, 0.2) is 24.3 Å². The van der Waals surface area contributed by atoms with Crippen LogP contribution in [0.1, 0.15) is 50.5 Å². The molecule has 2 fully saturated rings. The highest BCUT2D eigenvalue weighted by atomic mass is 16.5. The second-order valence-corrected chi connectivity index (χ2v) is 6.74. The van der Waals surface area contributed by atoms with Crippen LogP contribution in [-0.2, 0) is 11.3 Å². The van der Waals surface area contributed by atoms with E-state index in [1.165, 1.54) is 19.3 Å². The number of hydrogen-bond donors (Lipinski definition) is 2. The van der Waals surface area contributed by atoms with Gasteiger partial charge in [0.15, 0.2) is 0 Å². The highest BCUT2D eigenvalue weighted by Crippen LogP contribution is 2.23. The second-order valence-electron chi connectivity index (χ2n) is 6.74. The Labute approximate surface area is 144 Å². The summed E-state index contributed by atoms with van der Waals surface area (Å²) in [5.74, 6) is 0.908. The van der Waals surface area contributed by atoms with E-state index in [0.29, 0.717) is 12.6 Å². The Morgan fingerprint density at radius 1 is 1.12 bits per heavy atom. The lowest BCUT2D eigenvalue weighted by Crippen LogP contribution is -2.44. The molecule has 5 nitrogen and oxygen atoms in total. The highest BCUT2D eigenvalue weighted by Gasteiger charge is 2.16. The molecule has 0 radical (unpaired) electrons. The van der Waals surface area contributed by atoms with Gasteiger partial charge in [-0.3, -0.25) is 0 Å². The molecule has 0 atom stereocenters. The van der Waals surface area contributed by atoms with Crippen molar-refractivity contribution in [2.75, 3.05) is 13.2 Å². The molecule has 1 aromatic rings. The fourth-order valence-corrected chi connectivity index (χ4v) is 3.36. The largest absolute Gasteiger partial charge is 0.490 e.